The molecule has 0 saturated carbocycles. The second kappa shape index (κ2) is 5.08. The van der Waals surface area contributed by atoms with Gasteiger partial charge in [-0.3, -0.25) is 9.59 Å². The molecule has 0 heterocycles. The van der Waals surface area contributed by atoms with E-state index in [2.05, 4.69) is 11.8 Å². The molecule has 0 saturated heterocycles. The van der Waals surface area contributed by atoms with E-state index in [1.165, 1.54) is 0 Å². The van der Waals surface area contributed by atoms with Gasteiger partial charge in [-0.25, -0.2) is 0 Å². The van der Waals surface area contributed by atoms with Crippen molar-refractivity contribution in [2.24, 2.45) is 5.92 Å². The first-order chi connectivity index (χ1) is 8.63. The molecule has 2 rings (SSSR count). The van der Waals surface area contributed by atoms with Crippen molar-refractivity contribution >= 4 is 23.2 Å². The summed E-state index contributed by atoms with van der Waals surface area (Å²) in [5.41, 5.74) is 1.37. The maximum atomic E-state index is 11.8. The Hall–Kier alpha value is -2.03. The summed E-state index contributed by atoms with van der Waals surface area (Å²) in [6.45, 7) is 0. The van der Waals surface area contributed by atoms with E-state index in [-0.39, 0.29) is 5.78 Å². The Labute approximate surface area is 110 Å². The van der Waals surface area contributed by atoms with Crippen LogP contribution in [0.2, 0.25) is 0 Å². The summed E-state index contributed by atoms with van der Waals surface area (Å²) in [7, 11) is 0. The fourth-order valence-electron chi connectivity index (χ4n) is 1.83. The van der Waals surface area contributed by atoms with Gasteiger partial charge in [-0.05, 0) is 23.8 Å². The molecule has 0 N–H and O–H groups in total. The second-order valence-electron chi connectivity index (χ2n) is 3.98. The number of hydrogen-bond acceptors (Lipinski definition) is 2. The largest absolute Gasteiger partial charge is 0.283 e. The van der Waals surface area contributed by atoms with E-state index in [0.29, 0.717) is 12.0 Å². The number of Topliss-reactive ketones (excluding diaryl/α,β-unsaturated/α-hetero) is 2. The lowest BCUT2D eigenvalue weighted by Crippen LogP contribution is -2.26. The predicted molar refractivity (Wildman–Crippen MR) is 69.7 cm³/mol. The van der Waals surface area contributed by atoms with Gasteiger partial charge in [0.2, 0.25) is 11.6 Å². The van der Waals surface area contributed by atoms with Gasteiger partial charge in [-0.15, -0.1) is 18.0 Å². The summed E-state index contributed by atoms with van der Waals surface area (Å²) in [6, 6.07) is 0. The van der Waals surface area contributed by atoms with Crippen LogP contribution in [0.1, 0.15) is 6.42 Å². The lowest BCUT2D eigenvalue weighted by Gasteiger charge is -2.19. The Morgan fingerprint density at radius 2 is 2.17 bits per heavy atom. The van der Waals surface area contributed by atoms with Gasteiger partial charge in [0.15, 0.2) is 0 Å². The molecule has 2 bridgehead atoms. The molecule has 0 aliphatic heterocycles. The fourth-order valence-corrected chi connectivity index (χ4v) is 2.16. The Kier molecular flexibility index (Phi) is 3.51. The molecular formula is C15H9ClO2. The topological polar surface area (TPSA) is 34.1 Å². The molecular weight excluding hydrogens is 248 g/mol. The molecule has 0 radical (unpaired) electrons. The van der Waals surface area contributed by atoms with Gasteiger partial charge >= 0.3 is 0 Å². The SMILES string of the molecule is C#CC(=O)C1C#CC(=O)C2=CC=CC=C(C2)C1Cl. The highest BCUT2D eigenvalue weighted by Crippen LogP contribution is 2.28. The van der Waals surface area contributed by atoms with E-state index >= 15 is 0 Å². The fraction of sp³-hybridized carbons (Fsp3) is 0.200. The van der Waals surface area contributed by atoms with E-state index in [0.717, 1.165) is 5.57 Å². The highest BCUT2D eigenvalue weighted by Gasteiger charge is 2.29. The van der Waals surface area contributed by atoms with Crippen LogP contribution < -0.4 is 0 Å². The Morgan fingerprint density at radius 3 is 2.89 bits per heavy atom. The first-order valence-electron chi connectivity index (χ1n) is 5.40. The number of fused-ring (bicyclic) bond motifs is 2. The molecule has 0 fully saturated rings. The molecule has 0 amide bonds. The van der Waals surface area contributed by atoms with Crippen LogP contribution >= 0.6 is 11.6 Å². The zero-order valence-corrected chi connectivity index (χ0v) is 10.2. The number of alkyl halides is 1. The molecule has 0 aromatic heterocycles. The number of carbonyl (C=O) groups excluding carboxylic acids is 2. The molecule has 2 aliphatic rings. The average Bonchev–Trinajstić information content (AvgIpc) is 2.63. The van der Waals surface area contributed by atoms with Crippen LogP contribution in [0.3, 0.4) is 0 Å². The number of ketones is 2. The summed E-state index contributed by atoms with van der Waals surface area (Å²) >= 11 is 6.26. The highest BCUT2D eigenvalue weighted by atomic mass is 35.5. The third-order valence-corrected chi connectivity index (χ3v) is 3.35. The van der Waals surface area contributed by atoms with Crippen molar-refractivity contribution in [2.45, 2.75) is 11.8 Å². The van der Waals surface area contributed by atoms with Crippen LogP contribution in [-0.4, -0.2) is 16.9 Å². The molecule has 2 nitrogen and oxygen atoms in total. The number of hydrogen-bond donors (Lipinski definition) is 0. The second-order valence-corrected chi connectivity index (χ2v) is 4.45. The van der Waals surface area contributed by atoms with Gasteiger partial charge < -0.3 is 0 Å². The summed E-state index contributed by atoms with van der Waals surface area (Å²) in [5.74, 6) is 5.47. The van der Waals surface area contributed by atoms with E-state index in [9.17, 15) is 9.59 Å². The molecule has 0 aromatic rings. The van der Waals surface area contributed by atoms with Crippen molar-refractivity contribution in [1.82, 2.24) is 0 Å². The number of rotatable bonds is 1. The normalized spacial score (nSPS) is 25.4. The van der Waals surface area contributed by atoms with Crippen molar-refractivity contribution in [3.8, 4) is 24.2 Å². The molecule has 2 atom stereocenters. The number of allylic oxidation sites excluding steroid dienone is 6. The van der Waals surface area contributed by atoms with Gasteiger partial charge in [0, 0.05) is 5.57 Å². The summed E-state index contributed by atoms with van der Waals surface area (Å²) in [4.78, 5) is 23.4. The van der Waals surface area contributed by atoms with Gasteiger partial charge in [0.25, 0.3) is 0 Å². The van der Waals surface area contributed by atoms with E-state index < -0.39 is 17.1 Å². The van der Waals surface area contributed by atoms with E-state index in [1.54, 1.807) is 24.3 Å². The van der Waals surface area contributed by atoms with Gasteiger partial charge in [0.05, 0.1) is 5.38 Å². The zero-order chi connectivity index (χ0) is 13.1. The van der Waals surface area contributed by atoms with Crippen LogP contribution in [0.15, 0.2) is 35.5 Å². The summed E-state index contributed by atoms with van der Waals surface area (Å²) < 4.78 is 0. The summed E-state index contributed by atoms with van der Waals surface area (Å²) in [6.07, 6.45) is 12.6. The molecule has 2 unspecified atom stereocenters. The Bertz CT molecular complexity index is 603. The molecule has 2 aliphatic carbocycles. The van der Waals surface area contributed by atoms with Crippen LogP contribution in [0.25, 0.3) is 0 Å². The first-order valence-corrected chi connectivity index (χ1v) is 5.84. The first kappa shape index (κ1) is 12.4. The minimum atomic E-state index is -0.820. The van der Waals surface area contributed by atoms with Crippen molar-refractivity contribution < 1.29 is 9.59 Å². The maximum absolute atomic E-state index is 11.8. The van der Waals surface area contributed by atoms with Crippen molar-refractivity contribution in [1.29, 1.82) is 0 Å². The maximum Gasteiger partial charge on any atom is 0.232 e. The van der Waals surface area contributed by atoms with E-state index in [1.807, 2.05) is 5.92 Å². The van der Waals surface area contributed by atoms with Crippen LogP contribution in [-0.2, 0) is 9.59 Å². The van der Waals surface area contributed by atoms with Crippen LogP contribution in [0, 0.1) is 30.1 Å². The van der Waals surface area contributed by atoms with Crippen LogP contribution in [0.4, 0.5) is 0 Å². The number of carbonyl (C=O) groups is 2. The highest BCUT2D eigenvalue weighted by molar-refractivity contribution is 6.26. The molecule has 0 aromatic carbocycles. The molecule has 3 heteroatoms. The smallest absolute Gasteiger partial charge is 0.232 e. The minimum Gasteiger partial charge on any atom is -0.283 e. The number of terminal acetylenes is 1. The van der Waals surface area contributed by atoms with Gasteiger partial charge in [-0.1, -0.05) is 30.2 Å². The third-order valence-electron chi connectivity index (χ3n) is 2.82. The van der Waals surface area contributed by atoms with Crippen molar-refractivity contribution in [3.63, 3.8) is 0 Å². The van der Waals surface area contributed by atoms with E-state index in [4.69, 9.17) is 18.0 Å². The monoisotopic (exact) mass is 256 g/mol. The average molecular weight is 257 g/mol. The van der Waals surface area contributed by atoms with Crippen molar-refractivity contribution in [2.75, 3.05) is 0 Å². The molecule has 0 spiro atoms. The molecule has 88 valence electrons. The number of halogens is 1. The quantitative estimate of drug-likeness (QED) is 0.407. The summed E-state index contributed by atoms with van der Waals surface area (Å²) in [5, 5.41) is -0.597. The third kappa shape index (κ3) is 2.30. The lowest BCUT2D eigenvalue weighted by molar-refractivity contribution is -0.115. The Balaban J connectivity index is 2.52. The van der Waals surface area contributed by atoms with Crippen molar-refractivity contribution in [3.05, 3.63) is 35.5 Å². The lowest BCUT2D eigenvalue weighted by atomic mass is 9.88. The molecule has 18 heavy (non-hydrogen) atoms. The Morgan fingerprint density at radius 1 is 1.44 bits per heavy atom. The predicted octanol–water partition coefficient (Wildman–Crippen LogP) is 1.81. The van der Waals surface area contributed by atoms with Gasteiger partial charge in [0.1, 0.15) is 5.92 Å². The minimum absolute atomic E-state index is 0.286. The van der Waals surface area contributed by atoms with Gasteiger partial charge in [-0.2, -0.15) is 0 Å². The standard InChI is InChI=1S/C15H9ClO2/c1-2-13(17)12-7-8-14(18)10-5-3-4-6-11(9-10)15(12)16/h1,3-6,12,15H,9H2. The zero-order valence-electron chi connectivity index (χ0n) is 9.44. The van der Waals surface area contributed by atoms with Crippen LogP contribution in [0.5, 0.6) is 0 Å².